The van der Waals surface area contributed by atoms with E-state index in [9.17, 15) is 14.7 Å². The highest BCUT2D eigenvalue weighted by Crippen LogP contribution is 2.43. The number of aromatic nitrogens is 1. The topological polar surface area (TPSA) is 89.0 Å². The minimum absolute atomic E-state index is 0.162. The van der Waals surface area contributed by atoms with Crippen molar-refractivity contribution in [2.75, 3.05) is 11.5 Å². The largest absolute Gasteiger partial charge is 0.461 e. The Balaban J connectivity index is 1.77. The van der Waals surface area contributed by atoms with Crippen molar-refractivity contribution in [1.82, 2.24) is 4.98 Å². The number of amides is 1. The molecule has 2 atom stereocenters. The summed E-state index contributed by atoms with van der Waals surface area (Å²) >= 11 is 1.31. The molecule has 190 valence electrons. The highest BCUT2D eigenvalue weighted by Gasteiger charge is 2.38. The van der Waals surface area contributed by atoms with Crippen molar-refractivity contribution in [1.29, 1.82) is 0 Å². The van der Waals surface area contributed by atoms with Crippen LogP contribution in [0.1, 0.15) is 83.9 Å². The molecule has 1 N–H and O–H groups in total. The molecule has 8 heteroatoms. The monoisotopic (exact) mass is 508 g/mol. The van der Waals surface area contributed by atoms with E-state index < -0.39 is 17.4 Å². The van der Waals surface area contributed by atoms with Gasteiger partial charge in [0, 0.05) is 29.0 Å². The van der Waals surface area contributed by atoms with E-state index in [1.807, 2.05) is 69.3 Å². The van der Waals surface area contributed by atoms with Crippen molar-refractivity contribution in [3.8, 4) is 0 Å². The van der Waals surface area contributed by atoms with E-state index in [0.29, 0.717) is 10.6 Å². The van der Waals surface area contributed by atoms with Gasteiger partial charge >= 0.3 is 5.97 Å². The van der Waals surface area contributed by atoms with E-state index in [4.69, 9.17) is 9.47 Å². The van der Waals surface area contributed by atoms with E-state index in [1.165, 1.54) is 11.3 Å². The zero-order chi connectivity index (χ0) is 26.1. The zero-order valence-corrected chi connectivity index (χ0v) is 22.1. The molecule has 2 heterocycles. The minimum atomic E-state index is -1.43. The van der Waals surface area contributed by atoms with E-state index in [-0.39, 0.29) is 37.1 Å². The lowest BCUT2D eigenvalue weighted by Crippen LogP contribution is -2.38. The lowest BCUT2D eigenvalue weighted by atomic mass is 9.83. The molecule has 4 rings (SSSR count). The highest BCUT2D eigenvalue weighted by atomic mass is 32.1. The van der Waals surface area contributed by atoms with Crippen molar-refractivity contribution < 1.29 is 24.2 Å². The van der Waals surface area contributed by atoms with Gasteiger partial charge in [0.05, 0.1) is 18.8 Å². The average molecular weight is 509 g/mol. The van der Waals surface area contributed by atoms with Crippen LogP contribution in [0.25, 0.3) is 0 Å². The van der Waals surface area contributed by atoms with Gasteiger partial charge in [-0.25, -0.2) is 9.78 Å². The van der Waals surface area contributed by atoms with E-state index in [0.717, 1.165) is 16.8 Å². The minimum Gasteiger partial charge on any atom is -0.461 e. The normalized spacial score (nSPS) is 17.1. The molecule has 0 radical (unpaired) electrons. The summed E-state index contributed by atoms with van der Waals surface area (Å²) in [7, 11) is 0. The first kappa shape index (κ1) is 26.0. The molecule has 7 nitrogen and oxygen atoms in total. The van der Waals surface area contributed by atoms with Crippen LogP contribution in [0.5, 0.6) is 0 Å². The molecule has 0 bridgehead atoms. The van der Waals surface area contributed by atoms with Gasteiger partial charge in [-0.15, -0.1) is 11.3 Å². The van der Waals surface area contributed by atoms with Crippen LogP contribution in [0.4, 0.5) is 5.69 Å². The van der Waals surface area contributed by atoms with Crippen molar-refractivity contribution in [2.45, 2.75) is 64.9 Å². The predicted molar refractivity (Wildman–Crippen MR) is 139 cm³/mol. The van der Waals surface area contributed by atoms with Crippen molar-refractivity contribution in [3.63, 3.8) is 0 Å². The number of benzene rings is 2. The van der Waals surface area contributed by atoms with Gasteiger partial charge in [0.1, 0.15) is 5.01 Å². The summed E-state index contributed by atoms with van der Waals surface area (Å²) in [6.45, 7) is 9.59. The number of esters is 1. The molecule has 0 saturated heterocycles. The molecular formula is C28H32N2O5S. The molecule has 0 saturated carbocycles. The molecular weight excluding hydrogens is 476 g/mol. The number of anilines is 1. The molecule has 1 aliphatic rings. The summed E-state index contributed by atoms with van der Waals surface area (Å²) < 4.78 is 11.1. The van der Waals surface area contributed by atoms with Gasteiger partial charge in [-0.2, -0.15) is 0 Å². The fraction of sp³-hybridized carbons (Fsp3) is 0.393. The average Bonchev–Trinajstić information content (AvgIpc) is 3.25. The van der Waals surface area contributed by atoms with Crippen molar-refractivity contribution in [2.24, 2.45) is 0 Å². The molecule has 0 aliphatic carbocycles. The number of ether oxygens (including phenoxy) is 2. The maximum absolute atomic E-state index is 13.9. The third kappa shape index (κ3) is 5.67. The second-order valence-electron chi connectivity index (χ2n) is 10.0. The fourth-order valence-corrected chi connectivity index (χ4v) is 5.47. The summed E-state index contributed by atoms with van der Waals surface area (Å²) in [4.78, 5) is 32.1. The van der Waals surface area contributed by atoms with Crippen LogP contribution >= 0.6 is 11.3 Å². The Kier molecular flexibility index (Phi) is 7.31. The maximum Gasteiger partial charge on any atom is 0.357 e. The van der Waals surface area contributed by atoms with Gasteiger partial charge < -0.3 is 19.5 Å². The lowest BCUT2D eigenvalue weighted by molar-refractivity contribution is -0.245. The van der Waals surface area contributed by atoms with Gasteiger partial charge in [0.15, 0.2) is 11.5 Å². The number of carbonyl (C=O) groups excluding carboxylic acids is 2. The molecule has 0 fully saturated rings. The van der Waals surface area contributed by atoms with Crippen LogP contribution in [-0.4, -0.2) is 40.0 Å². The van der Waals surface area contributed by atoms with Gasteiger partial charge in [-0.3, -0.25) is 4.79 Å². The number of carbonyl (C=O) groups is 2. The van der Waals surface area contributed by atoms with Crippen LogP contribution < -0.4 is 4.90 Å². The van der Waals surface area contributed by atoms with E-state index in [1.54, 1.807) is 24.1 Å². The summed E-state index contributed by atoms with van der Waals surface area (Å²) in [5, 5.41) is 13.5. The Morgan fingerprint density at radius 1 is 1.08 bits per heavy atom. The van der Waals surface area contributed by atoms with Crippen LogP contribution in [-0.2, 0) is 16.0 Å². The Morgan fingerprint density at radius 3 is 2.44 bits per heavy atom. The number of nitrogens with zero attached hydrogens (tertiary/aromatic N) is 2. The molecule has 2 unspecified atom stereocenters. The summed E-state index contributed by atoms with van der Waals surface area (Å²) in [6, 6.07) is 15.2. The summed E-state index contributed by atoms with van der Waals surface area (Å²) in [5.74, 6) is -2.35. The zero-order valence-electron chi connectivity index (χ0n) is 21.3. The Bertz CT molecular complexity index is 1260. The molecule has 0 spiro atoms. The smallest absolute Gasteiger partial charge is 0.357 e. The Labute approximate surface area is 215 Å². The molecule has 2 aromatic carbocycles. The SMILES string of the molecule is CCOC(=O)c1csc(CN2C(=O)c3ccccc3C(CC(C)(O)OC(C)(C)C)c3ccccc32)n1. The van der Waals surface area contributed by atoms with Crippen LogP contribution in [0.3, 0.4) is 0 Å². The van der Waals surface area contributed by atoms with Crippen LogP contribution in [0.15, 0.2) is 53.9 Å². The number of rotatable bonds is 7. The first-order valence-electron chi connectivity index (χ1n) is 12.0. The van der Waals surface area contributed by atoms with Crippen LogP contribution in [0, 0.1) is 0 Å². The molecule has 36 heavy (non-hydrogen) atoms. The number of aliphatic hydroxyl groups is 1. The molecule has 1 aromatic heterocycles. The van der Waals surface area contributed by atoms with E-state index in [2.05, 4.69) is 4.98 Å². The van der Waals surface area contributed by atoms with E-state index >= 15 is 0 Å². The maximum atomic E-state index is 13.9. The second-order valence-corrected chi connectivity index (χ2v) is 11.0. The van der Waals surface area contributed by atoms with Gasteiger partial charge in [0.25, 0.3) is 5.91 Å². The fourth-order valence-electron chi connectivity index (χ4n) is 4.72. The third-order valence-electron chi connectivity index (χ3n) is 5.85. The standard InChI is InChI=1S/C28H32N2O5S/c1-6-34-26(32)22-17-36-24(29-22)16-30-23-14-10-9-12-19(23)21(15-28(5,33)35-27(2,3)4)18-11-7-8-13-20(18)25(30)31/h7-14,17,21,33H,6,15-16H2,1-5H3. The molecule has 1 aliphatic heterocycles. The summed E-state index contributed by atoms with van der Waals surface area (Å²) in [5.41, 5.74) is 2.74. The van der Waals surface area contributed by atoms with Gasteiger partial charge in [0.2, 0.25) is 0 Å². The van der Waals surface area contributed by atoms with Gasteiger partial charge in [-0.05, 0) is 57.9 Å². The first-order chi connectivity index (χ1) is 17.0. The van der Waals surface area contributed by atoms with Crippen molar-refractivity contribution in [3.05, 3.63) is 81.3 Å². The number of hydrogen-bond acceptors (Lipinski definition) is 7. The first-order valence-corrected chi connectivity index (χ1v) is 12.9. The molecule has 1 amide bonds. The van der Waals surface area contributed by atoms with Crippen molar-refractivity contribution >= 4 is 28.9 Å². The van der Waals surface area contributed by atoms with Gasteiger partial charge in [-0.1, -0.05) is 36.4 Å². The number of thiazole rings is 1. The third-order valence-corrected chi connectivity index (χ3v) is 6.69. The second kappa shape index (κ2) is 10.1. The quantitative estimate of drug-likeness (QED) is 0.334. The summed E-state index contributed by atoms with van der Waals surface area (Å²) in [6.07, 6.45) is 0.268. The Morgan fingerprint density at radius 2 is 1.75 bits per heavy atom. The van der Waals surface area contributed by atoms with Crippen LogP contribution in [0.2, 0.25) is 0 Å². The highest BCUT2D eigenvalue weighted by molar-refractivity contribution is 7.09. The predicted octanol–water partition coefficient (Wildman–Crippen LogP) is 5.53. The Hall–Kier alpha value is -3.07. The molecule has 3 aromatic rings. The lowest BCUT2D eigenvalue weighted by Gasteiger charge is -2.35. The number of hydrogen-bond donors (Lipinski definition) is 1. The number of para-hydroxylation sites is 1. The number of fused-ring (bicyclic) bond motifs is 2.